The highest BCUT2D eigenvalue weighted by atomic mass is 19.1. The van der Waals surface area contributed by atoms with Crippen molar-refractivity contribution in [1.82, 2.24) is 9.13 Å². The van der Waals surface area contributed by atoms with Gasteiger partial charge in [0.1, 0.15) is 17.5 Å². The number of para-hydroxylation sites is 3. The first-order valence-electron chi connectivity index (χ1n) is 21.0. The second-order valence-corrected chi connectivity index (χ2v) is 16.4. The molecule has 3 atom stereocenters. The molecule has 0 amide bonds. The molecule has 3 heterocycles. The van der Waals surface area contributed by atoms with Crippen LogP contribution in [0.3, 0.4) is 0 Å². The number of halogens is 3. The predicted octanol–water partition coefficient (Wildman–Crippen LogP) is 13.7. The van der Waals surface area contributed by atoms with Gasteiger partial charge < -0.3 is 18.9 Å². The number of aromatic nitrogens is 2. The lowest BCUT2D eigenvalue weighted by Gasteiger charge is -2.37. The molecular formula is C54H39F3N4. The van der Waals surface area contributed by atoms with Gasteiger partial charge in [0.15, 0.2) is 0 Å². The van der Waals surface area contributed by atoms with E-state index in [0.29, 0.717) is 6.42 Å². The third-order valence-electron chi connectivity index (χ3n) is 13.0. The average Bonchev–Trinajstić information content (AvgIpc) is 3.93. The first-order chi connectivity index (χ1) is 30.0. The number of fused-ring (bicyclic) bond motifs is 9. The molecule has 12 rings (SSSR count). The van der Waals surface area contributed by atoms with Crippen molar-refractivity contribution in [2.24, 2.45) is 0 Å². The molecular weight excluding hydrogens is 762 g/mol. The summed E-state index contributed by atoms with van der Waals surface area (Å²) in [7, 11) is 0. The second-order valence-electron chi connectivity index (χ2n) is 16.4. The molecule has 0 bridgehead atoms. The van der Waals surface area contributed by atoms with Gasteiger partial charge in [-0.1, -0.05) is 72.8 Å². The van der Waals surface area contributed by atoms with Crippen LogP contribution in [0.2, 0.25) is 0 Å². The Hall–Kier alpha value is -7.25. The van der Waals surface area contributed by atoms with Gasteiger partial charge in [0.2, 0.25) is 0 Å². The fourth-order valence-electron chi connectivity index (χ4n) is 10.4. The van der Waals surface area contributed by atoms with Crippen LogP contribution in [0.4, 0.5) is 30.2 Å². The van der Waals surface area contributed by atoms with Crippen LogP contribution in [0.1, 0.15) is 35.7 Å². The van der Waals surface area contributed by atoms with Gasteiger partial charge in [-0.05, 0) is 140 Å². The molecule has 0 saturated heterocycles. The first-order valence-corrected chi connectivity index (χ1v) is 21.0. The number of rotatable bonds is 6. The number of anilines is 3. The summed E-state index contributed by atoms with van der Waals surface area (Å²) in [6.45, 7) is 0. The molecule has 0 saturated carbocycles. The molecule has 2 aromatic heterocycles. The Kier molecular flexibility index (Phi) is 8.14. The van der Waals surface area contributed by atoms with Crippen molar-refractivity contribution in [1.29, 1.82) is 0 Å². The van der Waals surface area contributed by atoms with E-state index < -0.39 is 0 Å². The Balaban J connectivity index is 1.02. The molecule has 6 aromatic carbocycles. The van der Waals surface area contributed by atoms with Crippen LogP contribution in [0.15, 0.2) is 188 Å². The largest absolute Gasteiger partial charge is 0.334 e. The highest BCUT2D eigenvalue weighted by Gasteiger charge is 2.38. The predicted molar refractivity (Wildman–Crippen MR) is 243 cm³/mol. The fraction of sp³-hybridized carbons (Fsp3) is 0.111. The van der Waals surface area contributed by atoms with Crippen molar-refractivity contribution in [3.05, 3.63) is 216 Å². The molecule has 4 nitrogen and oxygen atoms in total. The number of benzene rings is 6. The summed E-state index contributed by atoms with van der Waals surface area (Å²) in [6, 6.07) is 45.9. The van der Waals surface area contributed by atoms with Crippen molar-refractivity contribution < 1.29 is 13.2 Å². The third kappa shape index (κ3) is 5.67. The second kappa shape index (κ2) is 13.9. The Labute approximate surface area is 351 Å². The van der Waals surface area contributed by atoms with E-state index in [1.54, 1.807) is 12.2 Å². The lowest BCUT2D eigenvalue weighted by atomic mass is 9.91. The molecule has 1 aliphatic heterocycles. The zero-order valence-corrected chi connectivity index (χ0v) is 33.1. The van der Waals surface area contributed by atoms with Gasteiger partial charge in [0, 0.05) is 66.9 Å². The number of allylic oxidation sites excluding steroid dienone is 5. The molecule has 8 aromatic rings. The molecule has 0 fully saturated rings. The van der Waals surface area contributed by atoms with Gasteiger partial charge in [0.25, 0.3) is 0 Å². The maximum Gasteiger partial charge on any atom is 0.123 e. The molecule has 0 N–H and O–H groups in total. The topological polar surface area (TPSA) is 16.3 Å². The van der Waals surface area contributed by atoms with E-state index in [0.717, 1.165) is 74.3 Å². The summed E-state index contributed by atoms with van der Waals surface area (Å²) >= 11 is 0. The Morgan fingerprint density at radius 1 is 0.590 bits per heavy atom. The third-order valence-corrected chi connectivity index (χ3v) is 13.0. The lowest BCUT2D eigenvalue weighted by Crippen LogP contribution is -2.37. The van der Waals surface area contributed by atoms with Crippen molar-refractivity contribution in [3.63, 3.8) is 0 Å². The van der Waals surface area contributed by atoms with Crippen LogP contribution in [-0.2, 0) is 6.42 Å². The normalized spacial score (nSPS) is 19.2. The Morgan fingerprint density at radius 2 is 1.30 bits per heavy atom. The summed E-state index contributed by atoms with van der Waals surface area (Å²) in [5, 5.41) is 3.48. The minimum atomic E-state index is -0.260. The van der Waals surface area contributed by atoms with Gasteiger partial charge in [-0.2, -0.15) is 0 Å². The van der Waals surface area contributed by atoms with Crippen molar-refractivity contribution in [2.75, 3.05) is 9.80 Å². The fourth-order valence-corrected chi connectivity index (χ4v) is 10.4. The monoisotopic (exact) mass is 800 g/mol. The van der Waals surface area contributed by atoms with E-state index >= 15 is 0 Å². The van der Waals surface area contributed by atoms with Crippen LogP contribution in [0.25, 0.3) is 50.0 Å². The van der Waals surface area contributed by atoms with E-state index in [2.05, 4.69) is 134 Å². The molecule has 4 aliphatic rings. The summed E-state index contributed by atoms with van der Waals surface area (Å²) in [6.07, 6.45) is 16.6. The Morgan fingerprint density at radius 3 is 2.08 bits per heavy atom. The molecule has 0 radical (unpaired) electrons. The summed E-state index contributed by atoms with van der Waals surface area (Å²) in [4.78, 5) is 4.84. The summed E-state index contributed by atoms with van der Waals surface area (Å²) in [5.74, 6) is -0.703. The van der Waals surface area contributed by atoms with Gasteiger partial charge in [-0.25, -0.2) is 13.2 Å². The van der Waals surface area contributed by atoms with Crippen molar-refractivity contribution in [2.45, 2.75) is 37.4 Å². The standard InChI is InChI=1S/C54H39F3N4/c55-34-13-19-37(20-14-34)59-49-10-4-1-7-43(49)46-31-40(25-28-52(46)59)58(41-26-29-53-47(32-41)44-8-2-5-11-50(44)60(53)38-21-15-35(56)16-22-38)42-27-30-54-48(33-42)45-9-3-6-12-51(45)61(54)39-23-17-36(57)18-24-39/h1-23,25-28,30,32-33,39-40,53H,24,29,31H2. The number of nitrogens with zero attached hydrogens (tertiary/aromatic N) is 4. The zero-order chi connectivity index (χ0) is 40.8. The van der Waals surface area contributed by atoms with Crippen molar-refractivity contribution >= 4 is 61.4 Å². The zero-order valence-electron chi connectivity index (χ0n) is 33.1. The van der Waals surface area contributed by atoms with Gasteiger partial charge >= 0.3 is 0 Å². The van der Waals surface area contributed by atoms with Crippen LogP contribution < -0.4 is 9.80 Å². The molecule has 61 heavy (non-hydrogen) atoms. The quantitative estimate of drug-likeness (QED) is 0.167. The smallest absolute Gasteiger partial charge is 0.123 e. The SMILES string of the molecule is FC1=CCC(n2c3ccccc3c3cc(N(C4=CCC5C(=C4)c4ccccc4N5c4ccc(F)cc4)C4C=Cc5c(c6ccccc6n5-c5ccc(F)cc5)C4)ccc32)C=C1. The van der Waals surface area contributed by atoms with Gasteiger partial charge in [-0.3, -0.25) is 0 Å². The van der Waals surface area contributed by atoms with E-state index in [-0.39, 0.29) is 35.6 Å². The van der Waals surface area contributed by atoms with E-state index in [1.807, 2.05) is 30.3 Å². The van der Waals surface area contributed by atoms with E-state index in [4.69, 9.17) is 0 Å². The molecule has 3 aliphatic carbocycles. The molecule has 0 spiro atoms. The number of hydrogen-bond donors (Lipinski definition) is 0. The van der Waals surface area contributed by atoms with Gasteiger partial charge in [-0.15, -0.1) is 0 Å². The minimum Gasteiger partial charge on any atom is -0.334 e. The first kappa shape index (κ1) is 35.7. The average molecular weight is 801 g/mol. The summed E-state index contributed by atoms with van der Waals surface area (Å²) in [5.41, 5.74) is 13.2. The minimum absolute atomic E-state index is 0.00353. The number of hydrogen-bond acceptors (Lipinski definition) is 2. The highest BCUT2D eigenvalue weighted by molar-refractivity contribution is 6.09. The maximum absolute atomic E-state index is 14.2. The van der Waals surface area contributed by atoms with E-state index in [9.17, 15) is 13.2 Å². The lowest BCUT2D eigenvalue weighted by molar-refractivity contribution is 0.597. The highest BCUT2D eigenvalue weighted by Crippen LogP contribution is 2.49. The van der Waals surface area contributed by atoms with Gasteiger partial charge in [0.05, 0.1) is 23.6 Å². The van der Waals surface area contributed by atoms with Crippen LogP contribution in [0.5, 0.6) is 0 Å². The molecule has 7 heteroatoms. The van der Waals surface area contributed by atoms with Crippen molar-refractivity contribution in [3.8, 4) is 5.69 Å². The van der Waals surface area contributed by atoms with Crippen LogP contribution in [0, 0.1) is 11.6 Å². The summed E-state index contributed by atoms with van der Waals surface area (Å²) < 4.78 is 47.1. The van der Waals surface area contributed by atoms with Crippen LogP contribution >= 0.6 is 0 Å². The van der Waals surface area contributed by atoms with Crippen LogP contribution in [-0.4, -0.2) is 21.2 Å². The molecule has 3 unspecified atom stereocenters. The molecule has 296 valence electrons. The Bertz CT molecular complexity index is 3230. The maximum atomic E-state index is 14.2. The van der Waals surface area contributed by atoms with E-state index in [1.165, 1.54) is 46.4 Å².